The van der Waals surface area contributed by atoms with Crippen LogP contribution in [0.1, 0.15) is 10.4 Å². The van der Waals surface area contributed by atoms with Crippen LogP contribution >= 0.6 is 11.3 Å². The molecule has 120 valence electrons. The first kappa shape index (κ1) is 15.6. The minimum atomic E-state index is -0.588. The largest absolute Gasteiger partial charge is 0.390 e. The summed E-state index contributed by atoms with van der Waals surface area (Å²) in [6, 6.07) is 0. The molecule has 0 radical (unpaired) electrons. The predicted octanol–water partition coefficient (Wildman–Crippen LogP) is 0.768. The van der Waals surface area contributed by atoms with Gasteiger partial charge in [-0.2, -0.15) is 0 Å². The maximum Gasteiger partial charge on any atom is 0.262 e. The lowest BCUT2D eigenvalue weighted by atomic mass is 10.2. The number of nitrogens with zero attached hydrogens (tertiary/aromatic N) is 3. The molecule has 0 aromatic carbocycles. The summed E-state index contributed by atoms with van der Waals surface area (Å²) in [7, 11) is 0. The molecule has 1 N–H and O–H groups in total. The van der Waals surface area contributed by atoms with E-state index >= 15 is 0 Å². The van der Waals surface area contributed by atoms with E-state index in [4.69, 9.17) is 4.74 Å². The minimum absolute atomic E-state index is 0.0622. The number of aromatic nitrogens is 2. The van der Waals surface area contributed by atoms with Gasteiger partial charge in [0, 0.05) is 24.5 Å². The molecule has 22 heavy (non-hydrogen) atoms. The van der Waals surface area contributed by atoms with Crippen molar-refractivity contribution in [3.63, 3.8) is 0 Å². The molecule has 2 aromatic rings. The Hall–Kier alpha value is -1.28. The van der Waals surface area contributed by atoms with Gasteiger partial charge in [0.25, 0.3) is 5.56 Å². The van der Waals surface area contributed by atoms with Crippen LogP contribution in [0.15, 0.2) is 11.1 Å². The van der Waals surface area contributed by atoms with Crippen molar-refractivity contribution in [1.29, 1.82) is 0 Å². The molecule has 2 aromatic heterocycles. The van der Waals surface area contributed by atoms with Crippen LogP contribution < -0.4 is 5.56 Å². The highest BCUT2D eigenvalue weighted by Crippen LogP contribution is 2.25. The quantitative estimate of drug-likeness (QED) is 0.900. The zero-order valence-electron chi connectivity index (χ0n) is 12.9. The summed E-state index contributed by atoms with van der Waals surface area (Å²) in [5.41, 5.74) is 0.933. The molecule has 0 unspecified atom stereocenters. The highest BCUT2D eigenvalue weighted by atomic mass is 32.1. The molecule has 1 saturated heterocycles. The normalized spacial score (nSPS) is 18.0. The number of aliphatic hydroxyl groups excluding tert-OH is 1. The first-order chi connectivity index (χ1) is 10.6. The van der Waals surface area contributed by atoms with E-state index in [1.54, 1.807) is 6.33 Å². The van der Waals surface area contributed by atoms with Gasteiger partial charge in [-0.1, -0.05) is 0 Å². The van der Waals surface area contributed by atoms with Crippen molar-refractivity contribution in [2.24, 2.45) is 0 Å². The Balaban J connectivity index is 1.77. The maximum absolute atomic E-state index is 12.6. The number of thiophene rings is 1. The lowest BCUT2D eigenvalue weighted by Gasteiger charge is -2.28. The summed E-state index contributed by atoms with van der Waals surface area (Å²) in [6.07, 6.45) is 0.956. The van der Waals surface area contributed by atoms with Crippen molar-refractivity contribution < 1.29 is 9.84 Å². The first-order valence-corrected chi connectivity index (χ1v) is 8.31. The highest BCUT2D eigenvalue weighted by molar-refractivity contribution is 7.18. The van der Waals surface area contributed by atoms with Crippen LogP contribution in [0.2, 0.25) is 0 Å². The second kappa shape index (κ2) is 6.45. The molecule has 6 nitrogen and oxygen atoms in total. The van der Waals surface area contributed by atoms with Gasteiger partial charge in [-0.3, -0.25) is 14.3 Å². The predicted molar refractivity (Wildman–Crippen MR) is 86.6 cm³/mol. The van der Waals surface area contributed by atoms with Gasteiger partial charge in [0.1, 0.15) is 4.83 Å². The Labute approximate surface area is 133 Å². The van der Waals surface area contributed by atoms with E-state index in [-0.39, 0.29) is 12.1 Å². The smallest absolute Gasteiger partial charge is 0.262 e. The van der Waals surface area contributed by atoms with Crippen molar-refractivity contribution in [3.8, 4) is 0 Å². The molecule has 0 aliphatic carbocycles. The Morgan fingerprint density at radius 2 is 2.09 bits per heavy atom. The zero-order chi connectivity index (χ0) is 15.7. The zero-order valence-corrected chi connectivity index (χ0v) is 13.7. The molecule has 1 aliphatic heterocycles. The third-order valence-electron chi connectivity index (χ3n) is 4.14. The molecular weight excluding hydrogens is 302 g/mol. The summed E-state index contributed by atoms with van der Waals surface area (Å²) in [6.45, 7) is 7.83. The number of morpholine rings is 1. The average molecular weight is 323 g/mol. The Kier molecular flexibility index (Phi) is 4.58. The van der Waals surface area contributed by atoms with Gasteiger partial charge < -0.3 is 9.84 Å². The lowest BCUT2D eigenvalue weighted by molar-refractivity contribution is 0.0113. The number of β-amino-alcohol motifs (C(OH)–C–C–N with tert-alkyl or cyclic N) is 1. The molecule has 0 bridgehead atoms. The lowest BCUT2D eigenvalue weighted by Crippen LogP contribution is -2.42. The molecule has 3 rings (SSSR count). The van der Waals surface area contributed by atoms with Crippen LogP contribution in [0.5, 0.6) is 0 Å². The number of aryl methyl sites for hydroxylation is 2. The van der Waals surface area contributed by atoms with Gasteiger partial charge in [-0.25, -0.2) is 4.98 Å². The topological polar surface area (TPSA) is 67.6 Å². The third kappa shape index (κ3) is 3.08. The summed E-state index contributed by atoms with van der Waals surface area (Å²) in [5.74, 6) is 0. The average Bonchev–Trinajstić information content (AvgIpc) is 2.79. The van der Waals surface area contributed by atoms with Gasteiger partial charge in [-0.15, -0.1) is 11.3 Å². The van der Waals surface area contributed by atoms with Crippen molar-refractivity contribution >= 4 is 21.6 Å². The van der Waals surface area contributed by atoms with Crippen LogP contribution in [0.4, 0.5) is 0 Å². The van der Waals surface area contributed by atoms with Crippen molar-refractivity contribution in [3.05, 3.63) is 27.1 Å². The van der Waals surface area contributed by atoms with Crippen LogP contribution in [0.25, 0.3) is 10.2 Å². The molecule has 0 saturated carbocycles. The second-order valence-electron chi connectivity index (χ2n) is 5.73. The van der Waals surface area contributed by atoms with Gasteiger partial charge in [-0.05, 0) is 19.4 Å². The standard InChI is InChI=1S/C15H21N3O3S/c1-10-11(2)22-14-13(10)15(20)18(9-16-14)8-12(19)7-17-3-5-21-6-4-17/h9,12,19H,3-8H2,1-2H3/t12-/m0/s1. The molecule has 1 aliphatic rings. The number of fused-ring (bicyclic) bond motifs is 1. The molecule has 1 atom stereocenters. The molecular formula is C15H21N3O3S. The fraction of sp³-hybridized carbons (Fsp3) is 0.600. The number of rotatable bonds is 4. The van der Waals surface area contributed by atoms with Gasteiger partial charge in [0.2, 0.25) is 0 Å². The molecule has 0 spiro atoms. The number of hydrogen-bond donors (Lipinski definition) is 1. The van der Waals surface area contributed by atoms with E-state index in [2.05, 4.69) is 9.88 Å². The highest BCUT2D eigenvalue weighted by Gasteiger charge is 2.17. The second-order valence-corrected chi connectivity index (χ2v) is 6.94. The SMILES string of the molecule is Cc1sc2ncn(C[C@@H](O)CN3CCOCC3)c(=O)c2c1C. The molecule has 0 amide bonds. The maximum atomic E-state index is 12.6. The van der Waals surface area contributed by atoms with Crippen LogP contribution in [0, 0.1) is 13.8 Å². The minimum Gasteiger partial charge on any atom is -0.390 e. The van der Waals surface area contributed by atoms with Crippen molar-refractivity contribution in [2.75, 3.05) is 32.8 Å². The van der Waals surface area contributed by atoms with E-state index in [0.717, 1.165) is 28.4 Å². The van der Waals surface area contributed by atoms with Gasteiger partial charge >= 0.3 is 0 Å². The Bertz CT molecular complexity index is 719. The summed E-state index contributed by atoms with van der Waals surface area (Å²) >= 11 is 1.54. The summed E-state index contributed by atoms with van der Waals surface area (Å²) in [4.78, 5) is 21.0. The monoisotopic (exact) mass is 323 g/mol. The van der Waals surface area contributed by atoms with Crippen LogP contribution in [-0.2, 0) is 11.3 Å². The summed E-state index contributed by atoms with van der Waals surface area (Å²) in [5, 5.41) is 10.9. The van der Waals surface area contributed by atoms with E-state index in [9.17, 15) is 9.90 Å². The van der Waals surface area contributed by atoms with Gasteiger partial charge in [0.05, 0.1) is 37.6 Å². The summed E-state index contributed by atoms with van der Waals surface area (Å²) < 4.78 is 6.82. The van der Waals surface area contributed by atoms with Gasteiger partial charge in [0.15, 0.2) is 0 Å². The first-order valence-electron chi connectivity index (χ1n) is 7.49. The molecule has 7 heteroatoms. The van der Waals surface area contributed by atoms with Crippen LogP contribution in [0.3, 0.4) is 0 Å². The fourth-order valence-corrected chi connectivity index (χ4v) is 3.75. The van der Waals surface area contributed by atoms with E-state index in [1.807, 2.05) is 13.8 Å². The number of hydrogen-bond acceptors (Lipinski definition) is 6. The number of ether oxygens (including phenoxy) is 1. The van der Waals surface area contributed by atoms with E-state index < -0.39 is 6.10 Å². The van der Waals surface area contributed by atoms with E-state index in [1.165, 1.54) is 15.9 Å². The molecule has 1 fully saturated rings. The Morgan fingerprint density at radius 3 is 2.82 bits per heavy atom. The molecule has 3 heterocycles. The Morgan fingerprint density at radius 1 is 1.36 bits per heavy atom. The third-order valence-corrected chi connectivity index (χ3v) is 5.25. The number of aliphatic hydroxyl groups is 1. The van der Waals surface area contributed by atoms with Crippen molar-refractivity contribution in [1.82, 2.24) is 14.5 Å². The van der Waals surface area contributed by atoms with Crippen LogP contribution in [-0.4, -0.2) is 58.5 Å². The fourth-order valence-electron chi connectivity index (χ4n) is 2.77. The van der Waals surface area contributed by atoms with Crippen molar-refractivity contribution in [2.45, 2.75) is 26.5 Å². The van der Waals surface area contributed by atoms with E-state index in [0.29, 0.717) is 25.1 Å².